The van der Waals surface area contributed by atoms with Crippen LogP contribution in [0.3, 0.4) is 0 Å². The molecule has 1 atom stereocenters. The quantitative estimate of drug-likeness (QED) is 0.806. The van der Waals surface area contributed by atoms with Crippen LogP contribution in [0.1, 0.15) is 18.1 Å². The largest absolute Gasteiger partial charge is 0.508 e. The number of carbonyl (C=O) groups is 1. The standard InChI is InChI=1S/C11H13FO3/c1-6-4-10(13)8(5-9(6)12)3-7(2)11(14)15/h4-5,7,13H,3H2,1-2H3,(H,14,15). The fourth-order valence-corrected chi connectivity index (χ4v) is 1.29. The summed E-state index contributed by atoms with van der Waals surface area (Å²) >= 11 is 0. The van der Waals surface area contributed by atoms with Crippen LogP contribution in [0.4, 0.5) is 4.39 Å². The minimum atomic E-state index is -0.963. The summed E-state index contributed by atoms with van der Waals surface area (Å²) in [6.45, 7) is 3.05. The van der Waals surface area contributed by atoms with E-state index in [1.54, 1.807) is 6.92 Å². The van der Waals surface area contributed by atoms with Crippen molar-refractivity contribution >= 4 is 5.97 Å². The van der Waals surface area contributed by atoms with Crippen LogP contribution in [0.5, 0.6) is 5.75 Å². The van der Waals surface area contributed by atoms with Gasteiger partial charge in [0, 0.05) is 0 Å². The van der Waals surface area contributed by atoms with E-state index in [2.05, 4.69) is 0 Å². The van der Waals surface area contributed by atoms with Crippen molar-refractivity contribution in [2.45, 2.75) is 20.3 Å². The molecular formula is C11H13FO3. The van der Waals surface area contributed by atoms with E-state index in [0.717, 1.165) is 0 Å². The molecule has 0 bridgehead atoms. The van der Waals surface area contributed by atoms with E-state index >= 15 is 0 Å². The fraction of sp³-hybridized carbons (Fsp3) is 0.364. The van der Waals surface area contributed by atoms with Gasteiger partial charge in [0.2, 0.25) is 0 Å². The summed E-state index contributed by atoms with van der Waals surface area (Å²) in [7, 11) is 0. The summed E-state index contributed by atoms with van der Waals surface area (Å²) in [5.41, 5.74) is 0.673. The molecule has 0 fully saturated rings. The molecule has 0 aliphatic carbocycles. The normalized spacial score (nSPS) is 12.5. The lowest BCUT2D eigenvalue weighted by molar-refractivity contribution is -0.141. The Kier molecular flexibility index (Phi) is 3.29. The van der Waals surface area contributed by atoms with Gasteiger partial charge in [0.05, 0.1) is 5.92 Å². The number of benzene rings is 1. The Morgan fingerprint density at radius 2 is 2.13 bits per heavy atom. The highest BCUT2D eigenvalue weighted by Gasteiger charge is 2.15. The Morgan fingerprint density at radius 1 is 1.53 bits per heavy atom. The second-order valence-electron chi connectivity index (χ2n) is 3.67. The molecule has 0 aliphatic rings. The lowest BCUT2D eigenvalue weighted by Gasteiger charge is -2.09. The summed E-state index contributed by atoms with van der Waals surface area (Å²) < 4.78 is 13.2. The van der Waals surface area contributed by atoms with Gasteiger partial charge in [-0.1, -0.05) is 6.92 Å². The number of rotatable bonds is 3. The first kappa shape index (κ1) is 11.5. The van der Waals surface area contributed by atoms with Gasteiger partial charge >= 0.3 is 5.97 Å². The number of aryl methyl sites for hydroxylation is 1. The minimum Gasteiger partial charge on any atom is -0.508 e. The highest BCUT2D eigenvalue weighted by atomic mass is 19.1. The predicted molar refractivity (Wildman–Crippen MR) is 53.3 cm³/mol. The monoisotopic (exact) mass is 212 g/mol. The Morgan fingerprint density at radius 3 is 2.67 bits per heavy atom. The van der Waals surface area contributed by atoms with Crippen LogP contribution in [0.2, 0.25) is 0 Å². The molecule has 1 aromatic rings. The van der Waals surface area contributed by atoms with E-state index in [-0.39, 0.29) is 12.2 Å². The van der Waals surface area contributed by atoms with Gasteiger partial charge in [-0.3, -0.25) is 4.79 Å². The minimum absolute atomic E-state index is 0.0537. The van der Waals surface area contributed by atoms with Gasteiger partial charge in [-0.25, -0.2) is 4.39 Å². The molecule has 15 heavy (non-hydrogen) atoms. The number of phenolic OH excluding ortho intramolecular Hbond substituents is 1. The van der Waals surface area contributed by atoms with Crippen LogP contribution < -0.4 is 0 Å². The Hall–Kier alpha value is -1.58. The van der Waals surface area contributed by atoms with Crippen molar-refractivity contribution in [3.05, 3.63) is 29.1 Å². The first-order valence-corrected chi connectivity index (χ1v) is 4.62. The number of aliphatic carboxylic acids is 1. The van der Waals surface area contributed by atoms with Gasteiger partial charge < -0.3 is 10.2 Å². The second-order valence-corrected chi connectivity index (χ2v) is 3.67. The number of halogens is 1. The maximum atomic E-state index is 13.2. The maximum Gasteiger partial charge on any atom is 0.306 e. The Balaban J connectivity index is 2.95. The molecule has 2 N–H and O–H groups in total. The SMILES string of the molecule is Cc1cc(O)c(CC(C)C(=O)O)cc1F. The van der Waals surface area contributed by atoms with Crippen molar-refractivity contribution in [3.8, 4) is 5.75 Å². The van der Waals surface area contributed by atoms with Gasteiger partial charge in [0.1, 0.15) is 11.6 Å². The summed E-state index contributed by atoms with van der Waals surface area (Å²) in [6.07, 6.45) is 0.123. The predicted octanol–water partition coefficient (Wildman–Crippen LogP) is 2.10. The van der Waals surface area contributed by atoms with Gasteiger partial charge in [-0.2, -0.15) is 0 Å². The zero-order valence-corrected chi connectivity index (χ0v) is 8.62. The zero-order valence-electron chi connectivity index (χ0n) is 8.62. The molecule has 0 spiro atoms. The number of carboxylic acid groups (broad SMARTS) is 1. The van der Waals surface area contributed by atoms with E-state index in [1.165, 1.54) is 19.1 Å². The van der Waals surface area contributed by atoms with Gasteiger partial charge in [0.15, 0.2) is 0 Å². The Bertz CT molecular complexity index is 388. The van der Waals surface area contributed by atoms with E-state index in [1.807, 2.05) is 0 Å². The molecule has 3 nitrogen and oxygen atoms in total. The molecule has 4 heteroatoms. The molecular weight excluding hydrogens is 199 g/mol. The number of carboxylic acids is 1. The van der Waals surface area contributed by atoms with Crippen LogP contribution in [0.25, 0.3) is 0 Å². The van der Waals surface area contributed by atoms with Gasteiger partial charge in [-0.05, 0) is 36.6 Å². The van der Waals surface area contributed by atoms with E-state index in [9.17, 15) is 14.3 Å². The van der Waals surface area contributed by atoms with Crippen LogP contribution >= 0.6 is 0 Å². The molecule has 0 saturated heterocycles. The van der Waals surface area contributed by atoms with Crippen LogP contribution in [-0.4, -0.2) is 16.2 Å². The topological polar surface area (TPSA) is 57.5 Å². The van der Waals surface area contributed by atoms with Crippen molar-refractivity contribution in [2.24, 2.45) is 5.92 Å². The van der Waals surface area contributed by atoms with Crippen molar-refractivity contribution < 1.29 is 19.4 Å². The molecule has 1 rings (SSSR count). The van der Waals surface area contributed by atoms with Crippen molar-refractivity contribution in [2.75, 3.05) is 0 Å². The molecule has 0 radical (unpaired) electrons. The molecule has 0 saturated carbocycles. The number of hydrogen-bond acceptors (Lipinski definition) is 2. The molecule has 0 aromatic heterocycles. The van der Waals surface area contributed by atoms with Gasteiger partial charge in [0.25, 0.3) is 0 Å². The number of aromatic hydroxyl groups is 1. The lowest BCUT2D eigenvalue weighted by Crippen LogP contribution is -2.12. The van der Waals surface area contributed by atoms with Crippen molar-refractivity contribution in [1.29, 1.82) is 0 Å². The summed E-state index contributed by atoms with van der Waals surface area (Å²) in [5, 5.41) is 18.2. The third-order valence-electron chi connectivity index (χ3n) is 2.31. The maximum absolute atomic E-state index is 13.2. The van der Waals surface area contributed by atoms with Crippen molar-refractivity contribution in [1.82, 2.24) is 0 Å². The van der Waals surface area contributed by atoms with Crippen molar-refractivity contribution in [3.63, 3.8) is 0 Å². The average Bonchev–Trinajstić information content (AvgIpc) is 2.13. The number of phenols is 1. The number of hydrogen-bond donors (Lipinski definition) is 2. The van der Waals surface area contributed by atoms with E-state index < -0.39 is 17.7 Å². The molecule has 1 unspecified atom stereocenters. The summed E-state index contributed by atoms with van der Waals surface area (Å²) in [5.74, 6) is -2.09. The van der Waals surface area contributed by atoms with E-state index in [0.29, 0.717) is 11.1 Å². The molecule has 0 aliphatic heterocycles. The smallest absolute Gasteiger partial charge is 0.306 e. The Labute approximate surface area is 87.2 Å². The first-order valence-electron chi connectivity index (χ1n) is 4.62. The zero-order chi connectivity index (χ0) is 11.6. The highest BCUT2D eigenvalue weighted by molar-refractivity contribution is 5.70. The van der Waals surface area contributed by atoms with Gasteiger partial charge in [-0.15, -0.1) is 0 Å². The van der Waals surface area contributed by atoms with Crippen LogP contribution in [0, 0.1) is 18.7 Å². The third kappa shape index (κ3) is 2.68. The molecule has 82 valence electrons. The fourth-order valence-electron chi connectivity index (χ4n) is 1.29. The lowest BCUT2D eigenvalue weighted by atomic mass is 9.99. The van der Waals surface area contributed by atoms with E-state index in [4.69, 9.17) is 5.11 Å². The average molecular weight is 212 g/mol. The molecule has 0 heterocycles. The summed E-state index contributed by atoms with van der Waals surface area (Å²) in [4.78, 5) is 10.6. The highest BCUT2D eigenvalue weighted by Crippen LogP contribution is 2.23. The first-order chi connectivity index (χ1) is 6.91. The summed E-state index contributed by atoms with van der Waals surface area (Å²) in [6, 6.07) is 2.49. The molecule has 1 aromatic carbocycles. The second kappa shape index (κ2) is 4.29. The van der Waals surface area contributed by atoms with Crippen LogP contribution in [-0.2, 0) is 11.2 Å². The van der Waals surface area contributed by atoms with Crippen LogP contribution in [0.15, 0.2) is 12.1 Å². The molecule has 0 amide bonds. The third-order valence-corrected chi connectivity index (χ3v) is 2.31.